The van der Waals surface area contributed by atoms with Crippen molar-refractivity contribution in [3.63, 3.8) is 0 Å². The molecule has 1 rings (SSSR count). The van der Waals surface area contributed by atoms with Gasteiger partial charge < -0.3 is 19.8 Å². The predicted molar refractivity (Wildman–Crippen MR) is 41.2 cm³/mol. The van der Waals surface area contributed by atoms with Crippen LogP contribution in [0.2, 0.25) is 0 Å². The van der Waals surface area contributed by atoms with Crippen LogP contribution in [0.15, 0.2) is 0 Å². The maximum Gasteiger partial charge on any atom is 2.00 e. The summed E-state index contributed by atoms with van der Waals surface area (Å²) in [5, 5.41) is 20.9. The fourth-order valence-electron chi connectivity index (χ4n) is 1.70. The average molecular weight is 194 g/mol. The van der Waals surface area contributed by atoms with E-state index in [4.69, 9.17) is 0 Å². The van der Waals surface area contributed by atoms with Gasteiger partial charge in [-0.05, 0) is 12.8 Å². The minimum absolute atomic E-state index is 0. The largest absolute Gasteiger partial charge is 2.00 e. The van der Waals surface area contributed by atoms with Crippen molar-refractivity contribution in [3.05, 3.63) is 0 Å². The van der Waals surface area contributed by atoms with Crippen LogP contribution in [0, 0.1) is 11.8 Å². The van der Waals surface area contributed by atoms with Gasteiger partial charge in [-0.3, -0.25) is 0 Å². The van der Waals surface area contributed by atoms with E-state index in [1.54, 1.807) is 0 Å². The van der Waals surface area contributed by atoms with Gasteiger partial charge in [-0.15, -0.1) is 0 Å². The van der Waals surface area contributed by atoms with E-state index in [1.807, 2.05) is 0 Å². The van der Waals surface area contributed by atoms with Crippen molar-refractivity contribution < 1.29 is 19.8 Å². The monoisotopic (exact) mass is 194 g/mol. The van der Waals surface area contributed by atoms with Gasteiger partial charge >= 0.3 is 23.1 Å². The summed E-state index contributed by atoms with van der Waals surface area (Å²) in [6, 6.07) is 0. The molecule has 68 valence electrons. The van der Waals surface area contributed by atoms with Gasteiger partial charge in [0, 0.05) is 23.8 Å². The van der Waals surface area contributed by atoms with Crippen LogP contribution in [0.5, 0.6) is 0 Å². The SMILES string of the molecule is O=C([O-])C1CCCCC1C(=O)[O-].[Mg+2]. The molecular formula is C8H10MgO4. The number of aliphatic carboxylic acids is 2. The molecule has 0 aromatic heterocycles. The summed E-state index contributed by atoms with van der Waals surface area (Å²) in [6.45, 7) is 0. The van der Waals surface area contributed by atoms with Crippen LogP contribution in [0.3, 0.4) is 0 Å². The van der Waals surface area contributed by atoms with E-state index in [0.717, 1.165) is 12.8 Å². The van der Waals surface area contributed by atoms with Crippen LogP contribution in [0.1, 0.15) is 25.7 Å². The van der Waals surface area contributed by atoms with Crippen LogP contribution >= 0.6 is 0 Å². The molecule has 1 aliphatic carbocycles. The Hall–Kier alpha value is -0.294. The molecule has 5 heteroatoms. The first-order chi connectivity index (χ1) is 5.63. The summed E-state index contributed by atoms with van der Waals surface area (Å²) < 4.78 is 0. The maximum absolute atomic E-state index is 10.5. The number of carbonyl (C=O) groups is 2. The summed E-state index contributed by atoms with van der Waals surface area (Å²) in [7, 11) is 0. The molecule has 0 spiro atoms. The standard InChI is InChI=1S/C8H12O4.Mg/c9-7(10)5-3-1-2-4-6(5)8(11)12;/h5-6H,1-4H2,(H,9,10)(H,11,12);/q;+2/p-2. The fourth-order valence-corrected chi connectivity index (χ4v) is 1.70. The van der Waals surface area contributed by atoms with E-state index in [-0.39, 0.29) is 23.1 Å². The molecule has 0 aromatic rings. The quantitative estimate of drug-likeness (QED) is 0.472. The van der Waals surface area contributed by atoms with Gasteiger partial charge in [-0.1, -0.05) is 12.8 Å². The minimum Gasteiger partial charge on any atom is -0.550 e. The smallest absolute Gasteiger partial charge is 0.550 e. The van der Waals surface area contributed by atoms with Crippen LogP contribution in [0.25, 0.3) is 0 Å². The molecule has 0 amide bonds. The van der Waals surface area contributed by atoms with Gasteiger partial charge in [-0.25, -0.2) is 0 Å². The second-order valence-corrected chi connectivity index (χ2v) is 3.14. The Bertz CT molecular complexity index is 182. The zero-order valence-corrected chi connectivity index (χ0v) is 8.74. The summed E-state index contributed by atoms with van der Waals surface area (Å²) >= 11 is 0. The molecule has 1 saturated carbocycles. The first kappa shape index (κ1) is 12.7. The van der Waals surface area contributed by atoms with Gasteiger partial charge in [-0.2, -0.15) is 0 Å². The molecule has 13 heavy (non-hydrogen) atoms. The van der Waals surface area contributed by atoms with Gasteiger partial charge in [0.15, 0.2) is 0 Å². The molecular weight excluding hydrogens is 184 g/mol. The van der Waals surface area contributed by atoms with Crippen molar-refractivity contribution in [1.82, 2.24) is 0 Å². The van der Waals surface area contributed by atoms with Crippen LogP contribution in [-0.2, 0) is 9.59 Å². The molecule has 0 heterocycles. The summed E-state index contributed by atoms with van der Waals surface area (Å²) in [4.78, 5) is 20.9. The Kier molecular flexibility index (Phi) is 5.32. The zero-order valence-electron chi connectivity index (χ0n) is 7.32. The van der Waals surface area contributed by atoms with E-state index < -0.39 is 23.8 Å². The Balaban J connectivity index is 0.00000144. The Labute approximate surface area is 92.5 Å². The molecule has 0 saturated heterocycles. The third kappa shape index (κ3) is 3.15. The number of hydrogen-bond donors (Lipinski definition) is 0. The molecule has 0 aromatic carbocycles. The second kappa shape index (κ2) is 5.44. The van der Waals surface area contributed by atoms with Crippen LogP contribution in [0.4, 0.5) is 0 Å². The van der Waals surface area contributed by atoms with Gasteiger partial charge in [0.25, 0.3) is 0 Å². The number of carboxylic acid groups (broad SMARTS) is 2. The molecule has 0 N–H and O–H groups in total. The molecule has 2 unspecified atom stereocenters. The first-order valence-electron chi connectivity index (χ1n) is 4.04. The summed E-state index contributed by atoms with van der Waals surface area (Å²) in [6.07, 6.45) is 2.34. The van der Waals surface area contributed by atoms with Crippen LogP contribution in [-0.4, -0.2) is 35.0 Å². The van der Waals surface area contributed by atoms with Crippen molar-refractivity contribution >= 4 is 35.0 Å². The molecule has 0 bridgehead atoms. The minimum atomic E-state index is -1.26. The topological polar surface area (TPSA) is 80.3 Å². The predicted octanol–water partition coefficient (Wildman–Crippen LogP) is -2.09. The van der Waals surface area contributed by atoms with Crippen LogP contribution < -0.4 is 10.2 Å². The van der Waals surface area contributed by atoms with Gasteiger partial charge in [0.05, 0.1) is 0 Å². The number of carbonyl (C=O) groups excluding carboxylic acids is 2. The molecule has 0 aliphatic heterocycles. The molecule has 2 atom stereocenters. The maximum atomic E-state index is 10.5. The molecule has 0 radical (unpaired) electrons. The Morgan fingerprint density at radius 3 is 1.46 bits per heavy atom. The van der Waals surface area contributed by atoms with Crippen molar-refractivity contribution in [3.8, 4) is 0 Å². The third-order valence-electron chi connectivity index (χ3n) is 2.37. The number of carboxylic acids is 2. The first-order valence-corrected chi connectivity index (χ1v) is 4.04. The van der Waals surface area contributed by atoms with E-state index in [9.17, 15) is 19.8 Å². The summed E-state index contributed by atoms with van der Waals surface area (Å²) in [5.41, 5.74) is 0. The van der Waals surface area contributed by atoms with Crippen molar-refractivity contribution in [2.24, 2.45) is 11.8 Å². The Morgan fingerprint density at radius 1 is 0.923 bits per heavy atom. The van der Waals surface area contributed by atoms with E-state index in [2.05, 4.69) is 0 Å². The van der Waals surface area contributed by atoms with Crippen molar-refractivity contribution in [2.75, 3.05) is 0 Å². The molecule has 1 aliphatic rings. The fraction of sp³-hybridized carbons (Fsp3) is 0.750. The normalized spacial score (nSPS) is 27.4. The Morgan fingerprint density at radius 2 is 1.23 bits per heavy atom. The number of hydrogen-bond acceptors (Lipinski definition) is 4. The van der Waals surface area contributed by atoms with E-state index in [0.29, 0.717) is 12.8 Å². The summed E-state index contributed by atoms with van der Waals surface area (Å²) in [5.74, 6) is -4.21. The van der Waals surface area contributed by atoms with E-state index in [1.165, 1.54) is 0 Å². The second-order valence-electron chi connectivity index (χ2n) is 3.14. The average Bonchev–Trinajstić information content (AvgIpc) is 2.04. The van der Waals surface area contributed by atoms with Gasteiger partial charge in [0.2, 0.25) is 0 Å². The van der Waals surface area contributed by atoms with Crippen molar-refractivity contribution in [1.29, 1.82) is 0 Å². The van der Waals surface area contributed by atoms with Gasteiger partial charge in [0.1, 0.15) is 0 Å². The third-order valence-corrected chi connectivity index (χ3v) is 2.37. The molecule has 1 fully saturated rings. The zero-order chi connectivity index (χ0) is 9.14. The number of rotatable bonds is 2. The molecule has 4 nitrogen and oxygen atoms in total. The van der Waals surface area contributed by atoms with Crippen molar-refractivity contribution in [2.45, 2.75) is 25.7 Å². The van der Waals surface area contributed by atoms with E-state index >= 15 is 0 Å².